The third-order valence-corrected chi connectivity index (χ3v) is 6.48. The van der Waals surface area contributed by atoms with Crippen LogP contribution in [0, 0.1) is 11.8 Å². The quantitative estimate of drug-likeness (QED) is 0.786. The Kier molecular flexibility index (Phi) is 5.30. The Hall–Kier alpha value is 0.160. The lowest BCUT2D eigenvalue weighted by atomic mass is 9.98. The van der Waals surface area contributed by atoms with Crippen molar-refractivity contribution in [1.29, 1.82) is 0 Å². The molecule has 0 spiro atoms. The summed E-state index contributed by atoms with van der Waals surface area (Å²) >= 11 is 5.91. The Morgan fingerprint density at radius 2 is 1.78 bits per heavy atom. The second-order valence-corrected chi connectivity index (χ2v) is 7.66. The maximum atomic E-state index is 12.1. The zero-order valence-electron chi connectivity index (χ0n) is 10.6. The van der Waals surface area contributed by atoms with Crippen LogP contribution in [0.2, 0.25) is 0 Å². The van der Waals surface area contributed by atoms with Crippen molar-refractivity contribution in [3.63, 3.8) is 0 Å². The molecular formula is C12H22ClNO3S. The van der Waals surface area contributed by atoms with Gasteiger partial charge in [-0.15, -0.1) is 11.6 Å². The molecule has 2 aliphatic rings. The Bertz CT molecular complexity index is 354. The Morgan fingerprint density at radius 1 is 1.11 bits per heavy atom. The summed E-state index contributed by atoms with van der Waals surface area (Å²) in [5.74, 6) is 1.53. The molecule has 1 heterocycles. The van der Waals surface area contributed by atoms with Gasteiger partial charge in [-0.1, -0.05) is 6.42 Å². The molecule has 2 unspecified atom stereocenters. The minimum absolute atomic E-state index is 0.276. The van der Waals surface area contributed by atoms with Crippen LogP contribution in [-0.4, -0.2) is 39.3 Å². The van der Waals surface area contributed by atoms with Crippen LogP contribution < -0.4 is 4.72 Å². The van der Waals surface area contributed by atoms with E-state index in [1.165, 1.54) is 6.42 Å². The lowest BCUT2D eigenvalue weighted by Gasteiger charge is -2.24. The van der Waals surface area contributed by atoms with Crippen molar-refractivity contribution in [3.8, 4) is 0 Å². The normalized spacial score (nSPS) is 30.7. The predicted molar refractivity (Wildman–Crippen MR) is 72.3 cm³/mol. The van der Waals surface area contributed by atoms with Crippen molar-refractivity contribution in [1.82, 2.24) is 4.72 Å². The molecule has 0 bridgehead atoms. The predicted octanol–water partition coefficient (Wildman–Crippen LogP) is 1.74. The number of hydrogen-bond donors (Lipinski definition) is 1. The highest BCUT2D eigenvalue weighted by Crippen LogP contribution is 2.32. The molecule has 0 aromatic heterocycles. The third kappa shape index (κ3) is 3.59. The van der Waals surface area contributed by atoms with Gasteiger partial charge in [-0.05, 0) is 37.5 Å². The van der Waals surface area contributed by atoms with E-state index in [1.807, 2.05) is 0 Å². The van der Waals surface area contributed by atoms with Gasteiger partial charge < -0.3 is 4.74 Å². The molecule has 6 heteroatoms. The van der Waals surface area contributed by atoms with Gasteiger partial charge in [0.15, 0.2) is 0 Å². The Labute approximate surface area is 114 Å². The zero-order chi connectivity index (χ0) is 13.0. The molecule has 1 N–H and O–H groups in total. The lowest BCUT2D eigenvalue weighted by molar-refractivity contribution is 0.0981. The summed E-state index contributed by atoms with van der Waals surface area (Å²) in [5.41, 5.74) is 0. The minimum atomic E-state index is -3.18. The van der Waals surface area contributed by atoms with Crippen LogP contribution in [0.5, 0.6) is 0 Å². The highest BCUT2D eigenvalue weighted by atomic mass is 35.5. The topological polar surface area (TPSA) is 55.4 Å². The lowest BCUT2D eigenvalue weighted by Crippen LogP contribution is -2.40. The maximum absolute atomic E-state index is 12.1. The molecular weight excluding hydrogens is 274 g/mol. The van der Waals surface area contributed by atoms with Gasteiger partial charge in [0.2, 0.25) is 10.0 Å². The number of alkyl halides is 1. The van der Waals surface area contributed by atoms with Gasteiger partial charge in [0.05, 0.1) is 5.25 Å². The number of rotatable bonds is 5. The van der Waals surface area contributed by atoms with E-state index >= 15 is 0 Å². The van der Waals surface area contributed by atoms with Crippen molar-refractivity contribution >= 4 is 21.6 Å². The molecule has 1 saturated carbocycles. The van der Waals surface area contributed by atoms with Gasteiger partial charge in [-0.25, -0.2) is 13.1 Å². The smallest absolute Gasteiger partial charge is 0.214 e. The molecule has 0 radical (unpaired) electrons. The molecule has 0 amide bonds. The van der Waals surface area contributed by atoms with Crippen molar-refractivity contribution in [2.45, 2.75) is 37.4 Å². The van der Waals surface area contributed by atoms with Crippen LogP contribution in [0.1, 0.15) is 32.1 Å². The minimum Gasteiger partial charge on any atom is -0.381 e. The van der Waals surface area contributed by atoms with E-state index in [0.717, 1.165) is 12.8 Å². The summed E-state index contributed by atoms with van der Waals surface area (Å²) < 4.78 is 32.3. The highest BCUT2D eigenvalue weighted by molar-refractivity contribution is 7.90. The first-order chi connectivity index (χ1) is 8.63. The average molecular weight is 296 g/mol. The second-order valence-electron chi connectivity index (χ2n) is 5.31. The summed E-state index contributed by atoms with van der Waals surface area (Å²) in [5, 5.41) is -0.276. The van der Waals surface area contributed by atoms with Gasteiger partial charge in [-0.3, -0.25) is 0 Å². The first kappa shape index (κ1) is 14.6. The molecule has 0 aromatic rings. The average Bonchev–Trinajstić information content (AvgIpc) is 2.85. The van der Waals surface area contributed by atoms with Crippen LogP contribution in [-0.2, 0) is 14.8 Å². The number of nitrogens with one attached hydrogen (secondary N) is 1. The first-order valence-corrected chi connectivity index (χ1v) is 8.83. The summed E-state index contributed by atoms with van der Waals surface area (Å²) in [6, 6.07) is 0. The van der Waals surface area contributed by atoms with Crippen LogP contribution in [0.15, 0.2) is 0 Å². The molecule has 1 saturated heterocycles. The van der Waals surface area contributed by atoms with Crippen LogP contribution >= 0.6 is 11.6 Å². The summed E-state index contributed by atoms with van der Waals surface area (Å²) in [6.07, 6.45) is 4.61. The fourth-order valence-corrected chi connectivity index (χ4v) is 4.81. The Balaban J connectivity index is 1.84. The number of hydrogen-bond acceptors (Lipinski definition) is 3. The molecule has 106 valence electrons. The van der Waals surface area contributed by atoms with E-state index < -0.39 is 10.0 Å². The fraction of sp³-hybridized carbons (Fsp3) is 1.00. The van der Waals surface area contributed by atoms with Gasteiger partial charge >= 0.3 is 0 Å². The van der Waals surface area contributed by atoms with Crippen LogP contribution in [0.25, 0.3) is 0 Å². The van der Waals surface area contributed by atoms with Crippen LogP contribution in [0.3, 0.4) is 0 Å². The molecule has 2 fully saturated rings. The summed E-state index contributed by atoms with van der Waals surface area (Å²) in [4.78, 5) is 0. The maximum Gasteiger partial charge on any atom is 0.214 e. The number of halogens is 1. The van der Waals surface area contributed by atoms with Crippen LogP contribution in [0.4, 0.5) is 0 Å². The standard InChI is InChI=1S/C12H22ClNO3S/c13-8-10-2-1-3-11(10)9-14-18(15,16)12-4-6-17-7-5-12/h10-12,14H,1-9H2. The number of sulfonamides is 1. The fourth-order valence-electron chi connectivity index (χ4n) is 2.91. The van der Waals surface area contributed by atoms with Gasteiger partial charge in [-0.2, -0.15) is 0 Å². The SMILES string of the molecule is O=S(=O)(NCC1CCCC1CCl)C1CCOCC1. The van der Waals surface area contributed by atoms with E-state index in [9.17, 15) is 8.42 Å². The van der Waals surface area contributed by atoms with Gasteiger partial charge in [0.1, 0.15) is 0 Å². The molecule has 0 aromatic carbocycles. The first-order valence-electron chi connectivity index (χ1n) is 6.75. The molecule has 18 heavy (non-hydrogen) atoms. The van der Waals surface area contributed by atoms with Crippen molar-refractivity contribution in [2.75, 3.05) is 25.6 Å². The Morgan fingerprint density at radius 3 is 2.44 bits per heavy atom. The van der Waals surface area contributed by atoms with E-state index in [1.54, 1.807) is 0 Å². The summed E-state index contributed by atoms with van der Waals surface area (Å²) in [7, 11) is -3.18. The van der Waals surface area contributed by atoms with Gasteiger partial charge in [0.25, 0.3) is 0 Å². The van der Waals surface area contributed by atoms with E-state index in [-0.39, 0.29) is 5.25 Å². The van der Waals surface area contributed by atoms with Gasteiger partial charge in [0, 0.05) is 25.6 Å². The highest BCUT2D eigenvalue weighted by Gasteiger charge is 2.31. The zero-order valence-corrected chi connectivity index (χ0v) is 12.2. The monoisotopic (exact) mass is 295 g/mol. The second kappa shape index (κ2) is 6.55. The number of ether oxygens (including phenoxy) is 1. The molecule has 2 rings (SSSR count). The van der Waals surface area contributed by atoms with E-state index in [4.69, 9.17) is 16.3 Å². The van der Waals surface area contributed by atoms with E-state index in [2.05, 4.69) is 4.72 Å². The molecule has 1 aliphatic carbocycles. The molecule has 1 aliphatic heterocycles. The van der Waals surface area contributed by atoms with E-state index in [0.29, 0.717) is 50.3 Å². The van der Waals surface area contributed by atoms with Crippen molar-refractivity contribution in [3.05, 3.63) is 0 Å². The summed E-state index contributed by atoms with van der Waals surface area (Å²) in [6.45, 7) is 1.66. The third-order valence-electron chi connectivity index (χ3n) is 4.17. The molecule has 2 atom stereocenters. The largest absolute Gasteiger partial charge is 0.381 e. The van der Waals surface area contributed by atoms with Crippen molar-refractivity contribution < 1.29 is 13.2 Å². The van der Waals surface area contributed by atoms with Crippen molar-refractivity contribution in [2.24, 2.45) is 11.8 Å². The molecule has 4 nitrogen and oxygen atoms in total.